The summed E-state index contributed by atoms with van der Waals surface area (Å²) in [5.74, 6) is -0.498. The molecule has 1 fully saturated rings. The number of nitrogens with one attached hydrogen (secondary N) is 1. The summed E-state index contributed by atoms with van der Waals surface area (Å²) < 4.78 is 19.1. The molecule has 2 heterocycles. The number of rotatable bonds is 4. The van der Waals surface area contributed by atoms with Gasteiger partial charge in [-0.25, -0.2) is 4.79 Å². The van der Waals surface area contributed by atoms with Crippen LogP contribution in [-0.4, -0.2) is 24.1 Å². The fourth-order valence-corrected chi connectivity index (χ4v) is 3.39. The van der Waals surface area contributed by atoms with E-state index in [1.165, 1.54) is 0 Å². The highest BCUT2D eigenvalue weighted by Gasteiger charge is 2.42. The van der Waals surface area contributed by atoms with Crippen LogP contribution < -0.4 is 10.2 Å². The molecule has 2 rings (SSSR count). The van der Waals surface area contributed by atoms with Gasteiger partial charge in [-0.2, -0.15) is 4.39 Å². The molecule has 8 heteroatoms. The SMILES string of the molecule is C=C1N(c2c(F)sc(CC(=O)OCC)c2Cl)C(=O)NC1(C)C. The Morgan fingerprint density at radius 3 is 2.68 bits per heavy atom. The molecule has 120 valence electrons. The van der Waals surface area contributed by atoms with E-state index < -0.39 is 22.7 Å². The average Bonchev–Trinajstić information content (AvgIpc) is 2.76. The maximum Gasteiger partial charge on any atom is 0.327 e. The molecule has 0 saturated carbocycles. The minimum Gasteiger partial charge on any atom is -0.466 e. The van der Waals surface area contributed by atoms with Gasteiger partial charge in [0.15, 0.2) is 0 Å². The molecule has 1 N–H and O–H groups in total. The smallest absolute Gasteiger partial charge is 0.327 e. The lowest BCUT2D eigenvalue weighted by Gasteiger charge is -2.21. The molecule has 0 unspecified atom stereocenters. The van der Waals surface area contributed by atoms with Crippen LogP contribution in [0.2, 0.25) is 5.02 Å². The third-order valence-electron chi connectivity index (χ3n) is 3.30. The zero-order valence-electron chi connectivity index (χ0n) is 12.5. The highest BCUT2D eigenvalue weighted by atomic mass is 35.5. The lowest BCUT2D eigenvalue weighted by molar-refractivity contribution is -0.142. The molecule has 2 amide bonds. The van der Waals surface area contributed by atoms with E-state index in [4.69, 9.17) is 16.3 Å². The minimum atomic E-state index is -0.698. The number of thiophene rings is 1. The summed E-state index contributed by atoms with van der Waals surface area (Å²) in [6.07, 6.45) is -0.139. The van der Waals surface area contributed by atoms with Gasteiger partial charge in [-0.1, -0.05) is 18.2 Å². The Balaban J connectivity index is 2.37. The van der Waals surface area contributed by atoms with Crippen molar-refractivity contribution in [2.24, 2.45) is 0 Å². The van der Waals surface area contributed by atoms with Crippen molar-refractivity contribution < 1.29 is 18.7 Å². The second-order valence-electron chi connectivity index (χ2n) is 5.28. The van der Waals surface area contributed by atoms with Gasteiger partial charge in [0, 0.05) is 10.6 Å². The van der Waals surface area contributed by atoms with E-state index in [9.17, 15) is 14.0 Å². The van der Waals surface area contributed by atoms with Crippen molar-refractivity contribution in [3.63, 3.8) is 0 Å². The second kappa shape index (κ2) is 5.89. The van der Waals surface area contributed by atoms with Crippen LogP contribution in [-0.2, 0) is 16.0 Å². The number of hydrogen-bond acceptors (Lipinski definition) is 4. The number of esters is 1. The van der Waals surface area contributed by atoms with Crippen LogP contribution in [0.25, 0.3) is 0 Å². The van der Waals surface area contributed by atoms with Crippen LogP contribution in [0.15, 0.2) is 12.3 Å². The first-order valence-electron chi connectivity index (χ1n) is 6.63. The van der Waals surface area contributed by atoms with Gasteiger partial charge in [0.25, 0.3) is 0 Å². The number of ether oxygens (including phenoxy) is 1. The topological polar surface area (TPSA) is 58.6 Å². The molecule has 0 spiro atoms. The molecule has 0 aliphatic carbocycles. The summed E-state index contributed by atoms with van der Waals surface area (Å²) in [4.78, 5) is 25.0. The quantitative estimate of drug-likeness (QED) is 0.849. The summed E-state index contributed by atoms with van der Waals surface area (Å²) in [7, 11) is 0. The lowest BCUT2D eigenvalue weighted by atomic mass is 10.0. The monoisotopic (exact) mass is 346 g/mol. The number of anilines is 1. The summed E-state index contributed by atoms with van der Waals surface area (Å²) >= 11 is 6.90. The van der Waals surface area contributed by atoms with Gasteiger partial charge in [0.05, 0.1) is 23.6 Å². The van der Waals surface area contributed by atoms with Crippen LogP contribution in [0, 0.1) is 5.13 Å². The molecule has 22 heavy (non-hydrogen) atoms. The summed E-state index contributed by atoms with van der Waals surface area (Å²) in [5, 5.41) is 2.08. The average molecular weight is 347 g/mol. The molecule has 0 bridgehead atoms. The first kappa shape index (κ1) is 16.8. The Bertz CT molecular complexity index is 657. The van der Waals surface area contributed by atoms with Crippen LogP contribution in [0.5, 0.6) is 0 Å². The van der Waals surface area contributed by atoms with Crippen molar-refractivity contribution in [3.8, 4) is 0 Å². The van der Waals surface area contributed by atoms with Gasteiger partial charge in [-0.15, -0.1) is 11.3 Å². The van der Waals surface area contributed by atoms with E-state index in [0.717, 1.165) is 16.2 Å². The molecule has 0 radical (unpaired) electrons. The Hall–Kier alpha value is -1.60. The number of nitrogens with zero attached hydrogens (tertiary/aromatic N) is 1. The molecule has 1 saturated heterocycles. The van der Waals surface area contributed by atoms with Gasteiger partial charge in [-0.3, -0.25) is 9.69 Å². The van der Waals surface area contributed by atoms with Gasteiger partial charge in [0.1, 0.15) is 5.69 Å². The number of urea groups is 1. The molecule has 1 aliphatic heterocycles. The van der Waals surface area contributed by atoms with E-state index in [2.05, 4.69) is 11.9 Å². The minimum absolute atomic E-state index is 0.0320. The van der Waals surface area contributed by atoms with Crippen LogP contribution in [0.4, 0.5) is 14.9 Å². The summed E-state index contributed by atoms with van der Waals surface area (Å²) in [6.45, 7) is 9.25. The van der Waals surface area contributed by atoms with E-state index >= 15 is 0 Å². The molecule has 1 aromatic rings. The standard InChI is InChI=1S/C14H16ClFN2O3S/c1-5-21-9(19)6-8-10(15)11(12(16)22-8)18-7(2)14(3,4)17-13(18)20/h2,5-6H2,1,3-4H3,(H,17,20). The lowest BCUT2D eigenvalue weighted by Crippen LogP contribution is -2.35. The van der Waals surface area contributed by atoms with Crippen molar-refractivity contribution in [3.05, 3.63) is 27.3 Å². The maximum absolute atomic E-state index is 14.3. The molecule has 0 atom stereocenters. The van der Waals surface area contributed by atoms with E-state index in [-0.39, 0.29) is 23.7 Å². The molecule has 5 nitrogen and oxygen atoms in total. The fourth-order valence-electron chi connectivity index (χ4n) is 2.10. The first-order valence-corrected chi connectivity index (χ1v) is 7.82. The zero-order valence-corrected chi connectivity index (χ0v) is 14.0. The van der Waals surface area contributed by atoms with Crippen molar-refractivity contribution in [2.75, 3.05) is 11.5 Å². The molecule has 0 aromatic carbocycles. The third-order valence-corrected chi connectivity index (χ3v) is 4.79. The Morgan fingerprint density at radius 2 is 2.18 bits per heavy atom. The molecular formula is C14H16ClFN2O3S. The van der Waals surface area contributed by atoms with Crippen molar-refractivity contribution in [1.29, 1.82) is 0 Å². The highest BCUT2D eigenvalue weighted by Crippen LogP contribution is 2.43. The maximum atomic E-state index is 14.3. The van der Waals surface area contributed by atoms with E-state index in [0.29, 0.717) is 10.6 Å². The number of carbonyl (C=O) groups excluding carboxylic acids is 2. The van der Waals surface area contributed by atoms with Gasteiger partial charge in [0.2, 0.25) is 5.13 Å². The molecular weight excluding hydrogens is 331 g/mol. The molecule has 1 aliphatic rings. The summed E-state index contributed by atoms with van der Waals surface area (Å²) in [5.41, 5.74) is -0.381. The van der Waals surface area contributed by atoms with Crippen LogP contribution in [0.1, 0.15) is 25.6 Å². The Labute approximate surface area is 136 Å². The number of carbonyl (C=O) groups is 2. The number of hydrogen-bond donors (Lipinski definition) is 1. The zero-order chi connectivity index (χ0) is 16.7. The van der Waals surface area contributed by atoms with Crippen molar-refractivity contribution in [2.45, 2.75) is 32.7 Å². The predicted molar refractivity (Wildman–Crippen MR) is 83.9 cm³/mol. The second-order valence-corrected chi connectivity index (χ2v) is 6.71. The predicted octanol–water partition coefficient (Wildman–Crippen LogP) is 3.47. The molecule has 1 aromatic heterocycles. The largest absolute Gasteiger partial charge is 0.466 e. The highest BCUT2D eigenvalue weighted by molar-refractivity contribution is 7.11. The normalized spacial score (nSPS) is 16.9. The summed E-state index contributed by atoms with van der Waals surface area (Å²) in [6, 6.07) is -0.503. The van der Waals surface area contributed by atoms with Crippen LogP contribution in [0.3, 0.4) is 0 Å². The first-order chi connectivity index (χ1) is 10.2. The van der Waals surface area contributed by atoms with Crippen molar-refractivity contribution >= 4 is 40.6 Å². The van der Waals surface area contributed by atoms with E-state index in [1.54, 1.807) is 20.8 Å². The van der Waals surface area contributed by atoms with Gasteiger partial charge < -0.3 is 10.1 Å². The number of amides is 2. The number of halogens is 2. The fraction of sp³-hybridized carbons (Fsp3) is 0.429. The van der Waals surface area contributed by atoms with Crippen LogP contribution >= 0.6 is 22.9 Å². The van der Waals surface area contributed by atoms with Gasteiger partial charge >= 0.3 is 12.0 Å². The van der Waals surface area contributed by atoms with E-state index in [1.807, 2.05) is 0 Å². The van der Waals surface area contributed by atoms with Crippen molar-refractivity contribution in [1.82, 2.24) is 5.32 Å². The Kier molecular flexibility index (Phi) is 4.49. The van der Waals surface area contributed by atoms with Gasteiger partial charge in [-0.05, 0) is 20.8 Å². The third kappa shape index (κ3) is 2.83. The Morgan fingerprint density at radius 1 is 1.55 bits per heavy atom.